The van der Waals surface area contributed by atoms with Crippen LogP contribution in [0.3, 0.4) is 0 Å². The van der Waals surface area contributed by atoms with E-state index in [2.05, 4.69) is 0 Å². The van der Waals surface area contributed by atoms with Crippen molar-refractivity contribution < 1.29 is 33.8 Å². The highest BCUT2D eigenvalue weighted by molar-refractivity contribution is 6.32. The summed E-state index contributed by atoms with van der Waals surface area (Å²) < 4.78 is 5.86. The number of ether oxygens (including phenoxy) is 1. The predicted octanol–water partition coefficient (Wildman–Crippen LogP) is 7.65. The zero-order valence-corrected chi connectivity index (χ0v) is 30.9. The van der Waals surface area contributed by atoms with Gasteiger partial charge in [-0.2, -0.15) is 0 Å². The quantitative estimate of drug-likeness (QED) is 0.103. The molecule has 1 N–H and O–H groups in total. The lowest BCUT2D eigenvalue weighted by molar-refractivity contribution is -0.127. The number of allylic oxidation sites excluding steroid dienone is 2. The summed E-state index contributed by atoms with van der Waals surface area (Å²) in [6.07, 6.45) is 2.33. The standard InChI is InChI=1S/C46H35ClN2O7/c1-56-38-24-32(50)19-20-34(38)40-33-21-22-35-39(44(54)48(42(35)52)30-17-15-27(16-18-30)41(51)26-9-4-2-5-10-26)36(33)25-37-43(53)49(31-14-8-13-29(47)23-31)45(55)46(37,40)28-11-6-3-7-12-28/h2-21,23-24,35-37,39-40,50H,22,25H2,1H3. The number of benzene rings is 5. The van der Waals surface area contributed by atoms with Gasteiger partial charge in [-0.25, -0.2) is 4.90 Å². The lowest BCUT2D eigenvalue weighted by atomic mass is 9.49. The van der Waals surface area contributed by atoms with Gasteiger partial charge in [-0.1, -0.05) is 96.0 Å². The zero-order valence-electron chi connectivity index (χ0n) is 30.2. The number of carbonyl (C=O) groups excluding carboxylic acids is 5. The third kappa shape index (κ3) is 5.18. The number of hydrogen-bond donors (Lipinski definition) is 1. The van der Waals surface area contributed by atoms with E-state index in [0.29, 0.717) is 44.4 Å². The number of anilines is 2. The molecule has 0 bridgehead atoms. The summed E-state index contributed by atoms with van der Waals surface area (Å²) >= 11 is 6.42. The van der Waals surface area contributed by atoms with Crippen molar-refractivity contribution in [1.29, 1.82) is 0 Å². The Hall–Kier alpha value is -6.32. The summed E-state index contributed by atoms with van der Waals surface area (Å²) in [4.78, 5) is 75.0. The van der Waals surface area contributed by atoms with E-state index in [4.69, 9.17) is 16.3 Å². The Morgan fingerprint density at radius 1 is 0.732 bits per heavy atom. The normalized spacial score (nSPS) is 25.4. The number of fused-ring (bicyclic) bond motifs is 4. The van der Waals surface area contributed by atoms with E-state index >= 15 is 4.79 Å². The summed E-state index contributed by atoms with van der Waals surface area (Å²) in [6, 6.07) is 35.9. The molecule has 2 heterocycles. The first kappa shape index (κ1) is 35.4. The summed E-state index contributed by atoms with van der Waals surface area (Å²) in [5.74, 6) is -5.45. The van der Waals surface area contributed by atoms with Crippen molar-refractivity contribution in [2.45, 2.75) is 24.2 Å². The fourth-order valence-electron chi connectivity index (χ4n) is 9.80. The minimum atomic E-state index is -1.49. The number of phenolic OH excluding ortho intramolecular Hbond substituents is 1. The molecule has 6 unspecified atom stereocenters. The molecule has 4 aliphatic rings. The van der Waals surface area contributed by atoms with E-state index in [9.17, 15) is 24.3 Å². The van der Waals surface area contributed by atoms with Crippen molar-refractivity contribution in [2.75, 3.05) is 16.9 Å². The van der Waals surface area contributed by atoms with Gasteiger partial charge in [0.2, 0.25) is 23.6 Å². The van der Waals surface area contributed by atoms with Crippen molar-refractivity contribution in [3.63, 3.8) is 0 Å². The van der Waals surface area contributed by atoms with Gasteiger partial charge in [-0.3, -0.25) is 28.9 Å². The van der Waals surface area contributed by atoms with E-state index < -0.39 is 52.7 Å². The Labute approximate surface area is 327 Å². The third-order valence-corrected chi connectivity index (χ3v) is 12.4. The van der Waals surface area contributed by atoms with E-state index in [-0.39, 0.29) is 30.3 Å². The Balaban J connectivity index is 1.18. The largest absolute Gasteiger partial charge is 0.508 e. The van der Waals surface area contributed by atoms with Gasteiger partial charge >= 0.3 is 0 Å². The van der Waals surface area contributed by atoms with Gasteiger partial charge in [0.05, 0.1) is 41.7 Å². The van der Waals surface area contributed by atoms with Gasteiger partial charge in [-0.05, 0) is 72.9 Å². The number of methoxy groups -OCH3 is 1. The highest BCUT2D eigenvalue weighted by Gasteiger charge is 2.70. The average Bonchev–Trinajstić information content (AvgIpc) is 3.62. The Morgan fingerprint density at radius 2 is 1.43 bits per heavy atom. The van der Waals surface area contributed by atoms with Crippen LogP contribution in [0.2, 0.25) is 5.02 Å². The van der Waals surface area contributed by atoms with E-state index in [0.717, 1.165) is 5.57 Å². The Kier molecular flexibility index (Phi) is 8.50. The van der Waals surface area contributed by atoms with Crippen molar-refractivity contribution >= 4 is 52.4 Å². The second-order valence-electron chi connectivity index (χ2n) is 14.8. The molecule has 6 atom stereocenters. The highest BCUT2D eigenvalue weighted by atomic mass is 35.5. The maximum absolute atomic E-state index is 15.4. The number of nitrogens with zero attached hydrogens (tertiary/aromatic N) is 2. The Bertz CT molecular complexity index is 2480. The molecular formula is C46H35ClN2O7. The van der Waals surface area contributed by atoms with E-state index in [1.54, 1.807) is 78.9 Å². The fourth-order valence-corrected chi connectivity index (χ4v) is 9.98. The molecular weight excluding hydrogens is 728 g/mol. The number of phenols is 1. The number of hydrogen-bond acceptors (Lipinski definition) is 7. The lowest BCUT2D eigenvalue weighted by Gasteiger charge is -2.51. The van der Waals surface area contributed by atoms with Crippen molar-refractivity contribution in [3.05, 3.63) is 166 Å². The van der Waals surface area contributed by atoms with Gasteiger partial charge < -0.3 is 9.84 Å². The van der Waals surface area contributed by atoms with Crippen LogP contribution in [-0.4, -0.2) is 41.6 Å². The molecule has 278 valence electrons. The molecule has 0 radical (unpaired) electrons. The van der Waals surface area contributed by atoms with Crippen molar-refractivity contribution in [1.82, 2.24) is 0 Å². The molecule has 5 aromatic carbocycles. The topological polar surface area (TPSA) is 121 Å². The minimum Gasteiger partial charge on any atom is -0.508 e. The lowest BCUT2D eigenvalue weighted by Crippen LogP contribution is -2.53. The molecule has 2 aliphatic heterocycles. The van der Waals surface area contributed by atoms with Crippen molar-refractivity contribution in [2.24, 2.45) is 23.7 Å². The number of carbonyl (C=O) groups is 5. The summed E-state index contributed by atoms with van der Waals surface area (Å²) in [7, 11) is 1.48. The Morgan fingerprint density at radius 3 is 2.12 bits per heavy atom. The van der Waals surface area contributed by atoms with Crippen LogP contribution in [0.25, 0.3) is 0 Å². The molecule has 1 saturated carbocycles. The second kappa shape index (κ2) is 13.5. The molecule has 0 aromatic heterocycles. The maximum Gasteiger partial charge on any atom is 0.246 e. The average molecular weight is 763 g/mol. The zero-order chi connectivity index (χ0) is 38.9. The number of aromatic hydroxyl groups is 1. The number of amides is 4. The highest BCUT2D eigenvalue weighted by Crippen LogP contribution is 2.65. The van der Waals surface area contributed by atoms with Gasteiger partial charge in [0.1, 0.15) is 11.5 Å². The number of rotatable bonds is 7. The fraction of sp³-hybridized carbons (Fsp3) is 0.196. The van der Waals surface area contributed by atoms with Gasteiger partial charge in [0.15, 0.2) is 5.78 Å². The first-order chi connectivity index (χ1) is 27.1. The first-order valence-electron chi connectivity index (χ1n) is 18.5. The number of imide groups is 2. The minimum absolute atomic E-state index is 0.0426. The van der Waals surface area contributed by atoms with E-state index in [1.807, 2.05) is 42.5 Å². The van der Waals surface area contributed by atoms with Crippen LogP contribution in [0.5, 0.6) is 11.5 Å². The predicted molar refractivity (Wildman–Crippen MR) is 210 cm³/mol. The molecule has 10 heteroatoms. The van der Waals surface area contributed by atoms with Crippen LogP contribution >= 0.6 is 11.6 Å². The molecule has 4 amide bonds. The maximum atomic E-state index is 15.4. The third-order valence-electron chi connectivity index (χ3n) is 12.1. The summed E-state index contributed by atoms with van der Waals surface area (Å²) in [5, 5.41) is 10.9. The molecule has 3 fully saturated rings. The molecule has 2 saturated heterocycles. The molecule has 5 aromatic rings. The monoisotopic (exact) mass is 762 g/mol. The van der Waals surface area contributed by atoms with Crippen LogP contribution in [0.1, 0.15) is 45.8 Å². The molecule has 2 aliphatic carbocycles. The number of halogens is 1. The van der Waals surface area contributed by atoms with Gasteiger partial charge in [0.25, 0.3) is 0 Å². The molecule has 56 heavy (non-hydrogen) atoms. The van der Waals surface area contributed by atoms with Crippen LogP contribution in [-0.2, 0) is 24.6 Å². The molecule has 9 rings (SSSR count). The van der Waals surface area contributed by atoms with Crippen LogP contribution in [0.4, 0.5) is 11.4 Å². The molecule has 9 nitrogen and oxygen atoms in total. The van der Waals surface area contributed by atoms with Crippen molar-refractivity contribution in [3.8, 4) is 11.5 Å². The van der Waals surface area contributed by atoms with Crippen LogP contribution in [0.15, 0.2) is 139 Å². The SMILES string of the molecule is COc1cc(O)ccc1C1C2=CCC3C(=O)N(c4ccc(C(=O)c5ccccc5)cc4)C(=O)C3C2CC2C(=O)N(c3cccc(Cl)c3)C(=O)C21c1ccccc1. The first-order valence-corrected chi connectivity index (χ1v) is 18.9. The van der Waals surface area contributed by atoms with Crippen LogP contribution < -0.4 is 14.5 Å². The number of ketones is 1. The molecule has 0 spiro atoms. The smallest absolute Gasteiger partial charge is 0.246 e. The van der Waals surface area contributed by atoms with Crippen LogP contribution in [0, 0.1) is 23.7 Å². The summed E-state index contributed by atoms with van der Waals surface area (Å²) in [5.41, 5.74) is 2.08. The summed E-state index contributed by atoms with van der Waals surface area (Å²) in [6.45, 7) is 0. The van der Waals surface area contributed by atoms with Gasteiger partial charge in [-0.15, -0.1) is 0 Å². The second-order valence-corrected chi connectivity index (χ2v) is 15.2. The van der Waals surface area contributed by atoms with Gasteiger partial charge in [0, 0.05) is 33.7 Å². The van der Waals surface area contributed by atoms with E-state index in [1.165, 1.54) is 29.0 Å².